The molecule has 0 aliphatic carbocycles. The molecule has 2 aromatic carbocycles. The van der Waals surface area contributed by atoms with E-state index >= 15 is 0 Å². The molecule has 0 aliphatic heterocycles. The van der Waals surface area contributed by atoms with Crippen molar-refractivity contribution in [2.45, 2.75) is 24.2 Å². The third-order valence-electron chi connectivity index (χ3n) is 4.15. The van der Waals surface area contributed by atoms with Gasteiger partial charge >= 0.3 is 0 Å². The lowest BCUT2D eigenvalue weighted by Gasteiger charge is -2.16. The first kappa shape index (κ1) is 22.5. The number of anilines is 1. The quantitative estimate of drug-likeness (QED) is 0.343. The van der Waals surface area contributed by atoms with Crippen LogP contribution in [0.5, 0.6) is 11.5 Å². The second-order valence-corrected chi connectivity index (χ2v) is 8.12. The number of nitrogens with one attached hydrogen (secondary N) is 1. The molecular weight excluding hydrogens is 416 g/mol. The number of alkyl halides is 1. The van der Waals surface area contributed by atoms with E-state index in [1.807, 2.05) is 6.07 Å². The van der Waals surface area contributed by atoms with E-state index in [9.17, 15) is 13.2 Å². The number of unbranched alkanes of at least 4 members (excludes halogenated alkanes) is 1. The first-order valence-electron chi connectivity index (χ1n) is 8.74. The Morgan fingerprint density at radius 2 is 1.76 bits per heavy atom. The van der Waals surface area contributed by atoms with Gasteiger partial charge in [-0.15, -0.1) is 11.6 Å². The molecule has 0 atom stereocenters. The lowest BCUT2D eigenvalue weighted by Crippen LogP contribution is -2.14. The molecule has 0 unspecified atom stereocenters. The standard InChI is InChI=1S/C20H21ClN2O5S/c1-27-19-12-20(28-2)17(11-16(19)18(24)5-3-4-10-21)23-29(25,26)15-8-6-14(13-22)7-9-15/h6-9,11-12,23H,3-5,10H2,1-2H3. The summed E-state index contributed by atoms with van der Waals surface area (Å²) in [5.41, 5.74) is 0.703. The zero-order chi connectivity index (χ0) is 21.4. The maximum atomic E-state index is 12.7. The molecule has 2 aromatic rings. The highest BCUT2D eigenvalue weighted by molar-refractivity contribution is 7.92. The molecule has 7 nitrogen and oxygen atoms in total. The highest BCUT2D eigenvalue weighted by Gasteiger charge is 2.21. The Morgan fingerprint density at radius 1 is 1.10 bits per heavy atom. The van der Waals surface area contributed by atoms with Crippen LogP contribution >= 0.6 is 11.6 Å². The number of nitrogens with zero attached hydrogens (tertiary/aromatic N) is 1. The lowest BCUT2D eigenvalue weighted by molar-refractivity contribution is 0.0977. The van der Waals surface area contributed by atoms with Crippen molar-refractivity contribution in [3.8, 4) is 17.6 Å². The molecule has 0 bridgehead atoms. The van der Waals surface area contributed by atoms with E-state index in [4.69, 9.17) is 26.3 Å². The summed E-state index contributed by atoms with van der Waals surface area (Å²) >= 11 is 5.66. The largest absolute Gasteiger partial charge is 0.496 e. The van der Waals surface area contributed by atoms with E-state index in [1.54, 1.807) is 0 Å². The summed E-state index contributed by atoms with van der Waals surface area (Å²) in [5, 5.41) is 8.86. The first-order chi connectivity index (χ1) is 13.9. The minimum absolute atomic E-state index is 0.0237. The van der Waals surface area contributed by atoms with Crippen LogP contribution in [0.3, 0.4) is 0 Å². The summed E-state index contributed by atoms with van der Waals surface area (Å²) in [6.07, 6.45) is 1.57. The van der Waals surface area contributed by atoms with E-state index in [2.05, 4.69) is 4.72 Å². The number of hydrogen-bond acceptors (Lipinski definition) is 6. The van der Waals surface area contributed by atoms with Gasteiger partial charge in [0.1, 0.15) is 11.5 Å². The highest BCUT2D eigenvalue weighted by Crippen LogP contribution is 2.35. The van der Waals surface area contributed by atoms with Gasteiger partial charge in [0.25, 0.3) is 10.0 Å². The van der Waals surface area contributed by atoms with Gasteiger partial charge in [-0.3, -0.25) is 9.52 Å². The van der Waals surface area contributed by atoms with Gasteiger partial charge in [-0.1, -0.05) is 0 Å². The summed E-state index contributed by atoms with van der Waals surface area (Å²) < 4.78 is 38.4. The molecule has 29 heavy (non-hydrogen) atoms. The third-order valence-corrected chi connectivity index (χ3v) is 5.80. The Labute approximate surface area is 175 Å². The predicted octanol–water partition coefficient (Wildman–Crippen LogP) is 3.97. The van der Waals surface area contributed by atoms with Gasteiger partial charge < -0.3 is 9.47 Å². The van der Waals surface area contributed by atoms with Crippen molar-refractivity contribution < 1.29 is 22.7 Å². The molecule has 0 radical (unpaired) electrons. The van der Waals surface area contributed by atoms with Gasteiger partial charge in [0, 0.05) is 18.4 Å². The molecule has 154 valence electrons. The van der Waals surface area contributed by atoms with Gasteiger partial charge in [0.05, 0.1) is 42.0 Å². The van der Waals surface area contributed by atoms with Crippen LogP contribution in [-0.4, -0.2) is 34.3 Å². The van der Waals surface area contributed by atoms with E-state index in [0.29, 0.717) is 30.0 Å². The van der Waals surface area contributed by atoms with Gasteiger partial charge in [0.15, 0.2) is 5.78 Å². The maximum Gasteiger partial charge on any atom is 0.262 e. The average Bonchev–Trinajstić information content (AvgIpc) is 2.73. The zero-order valence-electron chi connectivity index (χ0n) is 16.1. The molecular formula is C20H21ClN2O5S. The molecule has 9 heteroatoms. The number of nitriles is 1. The van der Waals surface area contributed by atoms with Crippen LogP contribution in [0.2, 0.25) is 0 Å². The monoisotopic (exact) mass is 436 g/mol. The average molecular weight is 437 g/mol. The molecule has 1 N–H and O–H groups in total. The van der Waals surface area contributed by atoms with Crippen molar-refractivity contribution in [2.24, 2.45) is 0 Å². The maximum absolute atomic E-state index is 12.7. The number of hydrogen-bond donors (Lipinski definition) is 1. The molecule has 0 spiro atoms. The zero-order valence-corrected chi connectivity index (χ0v) is 17.6. The molecule has 0 amide bonds. The number of ether oxygens (including phenoxy) is 2. The first-order valence-corrected chi connectivity index (χ1v) is 10.8. The van der Waals surface area contributed by atoms with E-state index in [1.165, 1.54) is 50.6 Å². The molecule has 0 saturated heterocycles. The Bertz CT molecular complexity index is 1010. The number of sulfonamides is 1. The van der Waals surface area contributed by atoms with Gasteiger partial charge in [-0.05, 0) is 43.2 Å². The molecule has 0 aromatic heterocycles. The number of ketones is 1. The number of methoxy groups -OCH3 is 2. The Morgan fingerprint density at radius 3 is 2.31 bits per heavy atom. The molecule has 2 rings (SSSR count). The van der Waals surface area contributed by atoms with E-state index in [-0.39, 0.29) is 34.1 Å². The number of carbonyl (C=O) groups excluding carboxylic acids is 1. The van der Waals surface area contributed by atoms with Crippen LogP contribution in [0.4, 0.5) is 5.69 Å². The van der Waals surface area contributed by atoms with Crippen molar-refractivity contribution >= 4 is 33.1 Å². The Hall–Kier alpha value is -2.76. The van der Waals surface area contributed by atoms with Gasteiger partial charge in [-0.25, -0.2) is 8.42 Å². The van der Waals surface area contributed by atoms with Crippen molar-refractivity contribution in [1.29, 1.82) is 5.26 Å². The molecule has 0 aliphatic rings. The van der Waals surface area contributed by atoms with E-state index < -0.39 is 10.0 Å². The fourth-order valence-electron chi connectivity index (χ4n) is 2.62. The van der Waals surface area contributed by atoms with Crippen molar-refractivity contribution in [1.82, 2.24) is 0 Å². The van der Waals surface area contributed by atoms with Gasteiger partial charge in [0.2, 0.25) is 0 Å². The van der Waals surface area contributed by atoms with Crippen LogP contribution in [0.1, 0.15) is 35.2 Å². The SMILES string of the molecule is COc1cc(OC)c(C(=O)CCCCCl)cc1NS(=O)(=O)c1ccc(C#N)cc1. The minimum Gasteiger partial charge on any atom is -0.496 e. The summed E-state index contributed by atoms with van der Waals surface area (Å²) in [6.45, 7) is 0. The summed E-state index contributed by atoms with van der Waals surface area (Å²) in [5.74, 6) is 0.770. The number of halogens is 1. The van der Waals surface area contributed by atoms with Crippen LogP contribution < -0.4 is 14.2 Å². The van der Waals surface area contributed by atoms with Crippen molar-refractivity contribution in [3.63, 3.8) is 0 Å². The minimum atomic E-state index is -3.96. The van der Waals surface area contributed by atoms with E-state index in [0.717, 1.165) is 0 Å². The molecule has 0 heterocycles. The summed E-state index contributed by atoms with van der Waals surface area (Å²) in [4.78, 5) is 12.6. The topological polar surface area (TPSA) is 105 Å². The fourth-order valence-corrected chi connectivity index (χ4v) is 3.87. The molecule has 0 fully saturated rings. The second kappa shape index (κ2) is 10.1. The van der Waals surface area contributed by atoms with Crippen LogP contribution in [0, 0.1) is 11.3 Å². The second-order valence-electron chi connectivity index (χ2n) is 6.06. The number of carbonyl (C=O) groups is 1. The number of rotatable bonds is 10. The van der Waals surface area contributed by atoms with Crippen molar-refractivity contribution in [2.75, 3.05) is 24.8 Å². The highest BCUT2D eigenvalue weighted by atomic mass is 35.5. The van der Waals surface area contributed by atoms with Crippen LogP contribution in [0.25, 0.3) is 0 Å². The van der Waals surface area contributed by atoms with Gasteiger partial charge in [-0.2, -0.15) is 5.26 Å². The summed E-state index contributed by atoms with van der Waals surface area (Å²) in [6, 6.07) is 10.3. The Balaban J connectivity index is 2.40. The smallest absolute Gasteiger partial charge is 0.262 e. The fraction of sp³-hybridized carbons (Fsp3) is 0.300. The third kappa shape index (κ3) is 5.62. The summed E-state index contributed by atoms with van der Waals surface area (Å²) in [7, 11) is -1.16. The van der Waals surface area contributed by atoms with Crippen LogP contribution in [0.15, 0.2) is 41.3 Å². The number of benzene rings is 2. The lowest BCUT2D eigenvalue weighted by atomic mass is 10.0. The Kier molecular flexibility index (Phi) is 7.88. The van der Waals surface area contributed by atoms with Crippen LogP contribution in [-0.2, 0) is 10.0 Å². The van der Waals surface area contributed by atoms with Crippen molar-refractivity contribution in [3.05, 3.63) is 47.5 Å². The predicted molar refractivity (Wildman–Crippen MR) is 110 cm³/mol. The molecule has 0 saturated carbocycles. The number of Topliss-reactive ketones (excluding diaryl/α,β-unsaturated/α-hetero) is 1. The normalized spacial score (nSPS) is 10.8.